The van der Waals surface area contributed by atoms with Crippen molar-refractivity contribution in [3.8, 4) is 5.75 Å². The SMILES string of the molecule is COc1ccc([C@@H]2CC(=O)C3=C(C2)Nc2ccccc2N[C@@H]3c2cccc(C)c2)cc1. The number of ketones is 1. The summed E-state index contributed by atoms with van der Waals surface area (Å²) < 4.78 is 5.29. The molecule has 4 heteroatoms. The third-order valence-electron chi connectivity index (χ3n) is 6.27. The van der Waals surface area contributed by atoms with E-state index in [1.54, 1.807) is 7.11 Å². The first-order valence-corrected chi connectivity index (χ1v) is 10.7. The standard InChI is InChI=1S/C27H26N2O2/c1-17-6-5-7-19(14-17)27-26-24(28-22-8-3-4-9-23(22)29-27)15-20(16-25(26)30)18-10-12-21(31-2)13-11-18/h3-14,20,27-29H,15-16H2,1-2H3/t20-,27+/m0/s1. The highest BCUT2D eigenvalue weighted by molar-refractivity contribution is 6.01. The largest absolute Gasteiger partial charge is 0.497 e. The maximum atomic E-state index is 13.5. The molecule has 0 fully saturated rings. The van der Waals surface area contributed by atoms with Gasteiger partial charge >= 0.3 is 0 Å². The maximum Gasteiger partial charge on any atom is 0.163 e. The number of fused-ring (bicyclic) bond motifs is 1. The summed E-state index contributed by atoms with van der Waals surface area (Å²) in [5, 5.41) is 7.24. The van der Waals surface area contributed by atoms with Crippen molar-refractivity contribution in [2.24, 2.45) is 0 Å². The number of nitrogens with one attached hydrogen (secondary N) is 2. The number of hydrogen-bond acceptors (Lipinski definition) is 4. The number of aryl methyl sites for hydroxylation is 1. The Morgan fingerprint density at radius 1 is 0.871 bits per heavy atom. The summed E-state index contributed by atoms with van der Waals surface area (Å²) >= 11 is 0. The van der Waals surface area contributed by atoms with Crippen LogP contribution in [-0.4, -0.2) is 12.9 Å². The van der Waals surface area contributed by atoms with Crippen molar-refractivity contribution in [3.63, 3.8) is 0 Å². The minimum atomic E-state index is -0.171. The molecule has 2 atom stereocenters. The van der Waals surface area contributed by atoms with Crippen LogP contribution in [-0.2, 0) is 4.79 Å². The summed E-state index contributed by atoms with van der Waals surface area (Å²) in [5.41, 5.74) is 7.35. The number of anilines is 2. The molecule has 4 nitrogen and oxygen atoms in total. The van der Waals surface area contributed by atoms with Crippen molar-refractivity contribution in [2.75, 3.05) is 17.7 Å². The second-order valence-corrected chi connectivity index (χ2v) is 8.36. The van der Waals surface area contributed by atoms with Crippen LogP contribution >= 0.6 is 0 Å². The van der Waals surface area contributed by atoms with Crippen LogP contribution in [0.1, 0.15) is 41.5 Å². The van der Waals surface area contributed by atoms with E-state index in [0.29, 0.717) is 6.42 Å². The van der Waals surface area contributed by atoms with Gasteiger partial charge in [0.2, 0.25) is 0 Å². The van der Waals surface area contributed by atoms with E-state index in [9.17, 15) is 4.79 Å². The Morgan fingerprint density at radius 2 is 1.65 bits per heavy atom. The predicted octanol–water partition coefficient (Wildman–Crippen LogP) is 5.98. The van der Waals surface area contributed by atoms with E-state index in [4.69, 9.17) is 4.74 Å². The van der Waals surface area contributed by atoms with Gasteiger partial charge in [-0.15, -0.1) is 0 Å². The molecule has 156 valence electrons. The van der Waals surface area contributed by atoms with E-state index in [1.807, 2.05) is 24.3 Å². The second-order valence-electron chi connectivity index (χ2n) is 8.36. The van der Waals surface area contributed by atoms with Crippen LogP contribution in [0.4, 0.5) is 11.4 Å². The minimum absolute atomic E-state index is 0.146. The van der Waals surface area contributed by atoms with E-state index < -0.39 is 0 Å². The molecular weight excluding hydrogens is 384 g/mol. The Kier molecular flexibility index (Phi) is 4.99. The number of Topliss-reactive ketones (excluding diaryl/α,β-unsaturated/α-hetero) is 1. The molecule has 2 N–H and O–H groups in total. The van der Waals surface area contributed by atoms with Crippen LogP contribution in [0.15, 0.2) is 84.1 Å². The fraction of sp³-hybridized carbons (Fsp3) is 0.222. The minimum Gasteiger partial charge on any atom is -0.497 e. The number of allylic oxidation sites excluding steroid dienone is 1. The van der Waals surface area contributed by atoms with Crippen LogP contribution in [0.3, 0.4) is 0 Å². The molecule has 0 spiro atoms. The van der Waals surface area contributed by atoms with Crippen molar-refractivity contribution in [2.45, 2.75) is 31.7 Å². The van der Waals surface area contributed by atoms with Gasteiger partial charge in [-0.05, 0) is 54.7 Å². The van der Waals surface area contributed by atoms with Gasteiger partial charge in [0.1, 0.15) is 5.75 Å². The monoisotopic (exact) mass is 410 g/mol. The predicted molar refractivity (Wildman–Crippen MR) is 125 cm³/mol. The van der Waals surface area contributed by atoms with Crippen LogP contribution in [0.25, 0.3) is 0 Å². The summed E-state index contributed by atoms with van der Waals surface area (Å²) in [7, 11) is 1.67. The van der Waals surface area contributed by atoms with Crippen molar-refractivity contribution in [3.05, 3.63) is 101 Å². The van der Waals surface area contributed by atoms with Crippen molar-refractivity contribution in [1.29, 1.82) is 0 Å². The first kappa shape index (κ1) is 19.4. The number of carbonyl (C=O) groups excluding carboxylic acids is 1. The zero-order valence-corrected chi connectivity index (χ0v) is 17.8. The molecule has 31 heavy (non-hydrogen) atoms. The Balaban J connectivity index is 1.58. The fourth-order valence-electron chi connectivity index (χ4n) is 4.70. The Hall–Kier alpha value is -3.53. The summed E-state index contributed by atoms with van der Waals surface area (Å²) in [6.45, 7) is 2.09. The number of benzene rings is 3. The molecule has 0 saturated heterocycles. The number of methoxy groups -OCH3 is 1. The molecule has 0 bridgehead atoms. The Morgan fingerprint density at radius 3 is 2.39 bits per heavy atom. The number of carbonyl (C=O) groups is 1. The number of para-hydroxylation sites is 2. The maximum absolute atomic E-state index is 13.5. The Bertz CT molecular complexity index is 1160. The highest BCUT2D eigenvalue weighted by Crippen LogP contribution is 2.44. The van der Waals surface area contributed by atoms with Crippen LogP contribution in [0, 0.1) is 6.92 Å². The van der Waals surface area contributed by atoms with E-state index in [2.05, 4.69) is 66.1 Å². The third-order valence-corrected chi connectivity index (χ3v) is 6.27. The van der Waals surface area contributed by atoms with Crippen molar-refractivity contribution in [1.82, 2.24) is 0 Å². The van der Waals surface area contributed by atoms with E-state index in [0.717, 1.165) is 40.4 Å². The highest BCUT2D eigenvalue weighted by Gasteiger charge is 2.36. The van der Waals surface area contributed by atoms with Gasteiger partial charge in [-0.25, -0.2) is 0 Å². The van der Waals surface area contributed by atoms with Crippen LogP contribution in [0.2, 0.25) is 0 Å². The van der Waals surface area contributed by atoms with Crippen LogP contribution < -0.4 is 15.4 Å². The first-order chi connectivity index (χ1) is 15.1. The second kappa shape index (κ2) is 7.95. The third kappa shape index (κ3) is 3.70. The molecule has 5 rings (SSSR count). The number of ether oxygens (including phenoxy) is 1. The number of rotatable bonds is 3. The van der Waals surface area contributed by atoms with Crippen LogP contribution in [0.5, 0.6) is 5.75 Å². The van der Waals surface area contributed by atoms with Crippen molar-refractivity contribution < 1.29 is 9.53 Å². The number of hydrogen-bond donors (Lipinski definition) is 2. The van der Waals surface area contributed by atoms with Crippen molar-refractivity contribution >= 4 is 17.2 Å². The molecule has 3 aromatic rings. The van der Waals surface area contributed by atoms with Gasteiger partial charge in [-0.1, -0.05) is 54.1 Å². The van der Waals surface area contributed by atoms with Gasteiger partial charge in [0, 0.05) is 17.7 Å². The van der Waals surface area contributed by atoms with Gasteiger partial charge in [0.15, 0.2) is 5.78 Å². The average Bonchev–Trinajstić information content (AvgIpc) is 2.96. The lowest BCUT2D eigenvalue weighted by atomic mass is 9.78. The molecule has 0 saturated carbocycles. The van der Waals surface area contributed by atoms with E-state index >= 15 is 0 Å². The molecule has 2 aliphatic rings. The lowest BCUT2D eigenvalue weighted by molar-refractivity contribution is -0.116. The molecule has 1 aliphatic carbocycles. The lowest BCUT2D eigenvalue weighted by Crippen LogP contribution is -2.26. The summed E-state index contributed by atoms with van der Waals surface area (Å²) in [6, 6.07) is 24.5. The summed E-state index contributed by atoms with van der Waals surface area (Å²) in [6.07, 6.45) is 1.30. The molecule has 1 aliphatic heterocycles. The lowest BCUT2D eigenvalue weighted by Gasteiger charge is -2.30. The van der Waals surface area contributed by atoms with Gasteiger partial charge < -0.3 is 15.4 Å². The normalized spacial score (nSPS) is 20.1. The molecule has 0 radical (unpaired) electrons. The quantitative estimate of drug-likeness (QED) is 0.557. The molecule has 3 aromatic carbocycles. The summed E-state index contributed by atoms with van der Waals surface area (Å²) in [5.74, 6) is 1.17. The molecule has 0 unspecified atom stereocenters. The molecule has 0 aromatic heterocycles. The molecule has 1 heterocycles. The Labute approximate surface area is 183 Å². The van der Waals surface area contributed by atoms with Gasteiger partial charge in [-0.2, -0.15) is 0 Å². The molecule has 0 amide bonds. The van der Waals surface area contributed by atoms with Gasteiger partial charge in [-0.3, -0.25) is 4.79 Å². The van der Waals surface area contributed by atoms with E-state index in [1.165, 1.54) is 11.1 Å². The first-order valence-electron chi connectivity index (χ1n) is 10.7. The average molecular weight is 411 g/mol. The fourth-order valence-corrected chi connectivity index (χ4v) is 4.70. The van der Waals surface area contributed by atoms with Gasteiger partial charge in [0.25, 0.3) is 0 Å². The highest BCUT2D eigenvalue weighted by atomic mass is 16.5. The van der Waals surface area contributed by atoms with E-state index in [-0.39, 0.29) is 17.7 Å². The summed E-state index contributed by atoms with van der Waals surface area (Å²) in [4.78, 5) is 13.5. The zero-order valence-electron chi connectivity index (χ0n) is 17.8. The smallest absolute Gasteiger partial charge is 0.163 e. The van der Waals surface area contributed by atoms with Gasteiger partial charge in [0.05, 0.1) is 24.5 Å². The molecular formula is C27H26N2O2. The topological polar surface area (TPSA) is 50.4 Å². The zero-order chi connectivity index (χ0) is 21.4.